The number of H-pyrrole nitrogens is 1. The molecule has 4 aromatic rings. The molecule has 0 aliphatic rings. The molecule has 0 atom stereocenters. The largest absolute Gasteiger partial charge is 0.438 e. The van der Waals surface area contributed by atoms with Crippen LogP contribution >= 0.6 is 15.9 Å². The number of benzene rings is 2. The van der Waals surface area contributed by atoms with Gasteiger partial charge in [-0.25, -0.2) is 4.39 Å². The number of aromatic amines is 1. The molecule has 2 N–H and O–H groups in total. The minimum Gasteiger partial charge on any atom is -0.438 e. The van der Waals surface area contributed by atoms with Gasteiger partial charge in [-0.2, -0.15) is 10.1 Å². The van der Waals surface area contributed by atoms with Gasteiger partial charge in [-0.3, -0.25) is 5.10 Å². The van der Waals surface area contributed by atoms with E-state index in [9.17, 15) is 4.39 Å². The average molecular weight is 443 g/mol. The zero-order chi connectivity index (χ0) is 20.1. The summed E-state index contributed by atoms with van der Waals surface area (Å²) < 4.78 is 20.0. The van der Waals surface area contributed by atoms with Crippen molar-refractivity contribution in [2.45, 2.75) is 20.8 Å². The Morgan fingerprint density at radius 1 is 1.00 bits per heavy atom. The summed E-state index contributed by atoms with van der Waals surface area (Å²) in [7, 11) is 0. The number of rotatable bonds is 4. The van der Waals surface area contributed by atoms with Crippen LogP contribution in [0.1, 0.15) is 19.5 Å². The molecule has 4 rings (SSSR count). The summed E-state index contributed by atoms with van der Waals surface area (Å²) in [5.41, 5.74) is 0.943. The number of fused-ring (bicyclic) bond motifs is 1. The maximum atomic E-state index is 13.1. The molecular weight excluding hydrogens is 423 g/mol. The maximum Gasteiger partial charge on any atom is 0.229 e. The van der Waals surface area contributed by atoms with Crippen molar-refractivity contribution >= 4 is 38.3 Å². The Morgan fingerprint density at radius 2 is 1.75 bits per heavy atom. The summed E-state index contributed by atoms with van der Waals surface area (Å²) in [5, 5.41) is 12.0. The van der Waals surface area contributed by atoms with Gasteiger partial charge in [0, 0.05) is 21.6 Å². The molecule has 2 heterocycles. The molecular formula is C21H20BrFN4O. The molecule has 0 spiro atoms. The fourth-order valence-corrected chi connectivity index (χ4v) is 2.95. The second-order valence-electron chi connectivity index (χ2n) is 5.80. The molecule has 0 aliphatic heterocycles. The van der Waals surface area contributed by atoms with Crippen molar-refractivity contribution in [1.29, 1.82) is 0 Å². The van der Waals surface area contributed by atoms with Gasteiger partial charge in [-0.15, -0.1) is 0 Å². The summed E-state index contributed by atoms with van der Waals surface area (Å²) >= 11 is 3.49. The van der Waals surface area contributed by atoms with E-state index in [1.807, 2.05) is 51.1 Å². The molecule has 5 nitrogen and oxygen atoms in total. The minimum atomic E-state index is -0.316. The number of aromatic nitrogens is 3. The van der Waals surface area contributed by atoms with Gasteiger partial charge in [0.05, 0.1) is 0 Å². The molecule has 0 fully saturated rings. The van der Waals surface area contributed by atoms with E-state index in [0.717, 1.165) is 20.9 Å². The molecule has 0 saturated carbocycles. The third kappa shape index (κ3) is 4.67. The molecule has 0 saturated heterocycles. The number of nitrogens with one attached hydrogen (secondary N) is 2. The summed E-state index contributed by atoms with van der Waals surface area (Å²) in [6.07, 6.45) is 0. The van der Waals surface area contributed by atoms with Gasteiger partial charge in [0.25, 0.3) is 0 Å². The summed E-state index contributed by atoms with van der Waals surface area (Å²) in [6.45, 7) is 5.92. The van der Waals surface area contributed by atoms with Crippen LogP contribution in [0.2, 0.25) is 0 Å². The Balaban J connectivity index is 0.00000109. The Hall–Kier alpha value is -2.93. The zero-order valence-corrected chi connectivity index (χ0v) is 17.3. The van der Waals surface area contributed by atoms with Crippen LogP contribution in [-0.2, 0) is 0 Å². The summed E-state index contributed by atoms with van der Waals surface area (Å²) in [4.78, 5) is 4.56. The number of hydrogen-bond donors (Lipinski definition) is 2. The van der Waals surface area contributed by atoms with Gasteiger partial charge in [-0.1, -0.05) is 29.8 Å². The highest BCUT2D eigenvalue weighted by Gasteiger charge is 2.10. The van der Waals surface area contributed by atoms with Crippen molar-refractivity contribution in [2.24, 2.45) is 0 Å². The smallest absolute Gasteiger partial charge is 0.229 e. The lowest BCUT2D eigenvalue weighted by Gasteiger charge is -2.11. The van der Waals surface area contributed by atoms with Crippen molar-refractivity contribution < 1.29 is 9.13 Å². The Labute approximate surface area is 171 Å². The highest BCUT2D eigenvalue weighted by Crippen LogP contribution is 2.32. The van der Waals surface area contributed by atoms with E-state index >= 15 is 0 Å². The van der Waals surface area contributed by atoms with Crippen LogP contribution < -0.4 is 10.1 Å². The molecule has 144 valence electrons. The summed E-state index contributed by atoms with van der Waals surface area (Å²) in [6, 6.07) is 15.5. The normalized spacial score (nSPS) is 10.3. The van der Waals surface area contributed by atoms with Gasteiger partial charge in [0.2, 0.25) is 5.88 Å². The minimum absolute atomic E-state index is 0.316. The van der Waals surface area contributed by atoms with Crippen LogP contribution in [-0.4, -0.2) is 15.2 Å². The van der Waals surface area contributed by atoms with Gasteiger partial charge in [0.1, 0.15) is 17.4 Å². The first kappa shape index (κ1) is 19.8. The quantitative estimate of drug-likeness (QED) is 0.367. The molecule has 0 radical (unpaired) electrons. The van der Waals surface area contributed by atoms with E-state index in [-0.39, 0.29) is 5.82 Å². The first-order valence-corrected chi connectivity index (χ1v) is 9.69. The number of hydrogen-bond acceptors (Lipinski definition) is 4. The van der Waals surface area contributed by atoms with Crippen molar-refractivity contribution in [3.8, 4) is 11.6 Å². The lowest BCUT2D eigenvalue weighted by atomic mass is 10.1. The molecule has 0 unspecified atom stereocenters. The predicted molar refractivity (Wildman–Crippen MR) is 114 cm³/mol. The van der Waals surface area contributed by atoms with Crippen molar-refractivity contribution in [1.82, 2.24) is 15.2 Å². The van der Waals surface area contributed by atoms with E-state index in [4.69, 9.17) is 4.74 Å². The number of aryl methyl sites for hydroxylation is 1. The lowest BCUT2D eigenvalue weighted by Crippen LogP contribution is -1.97. The molecule has 0 amide bonds. The fraction of sp³-hybridized carbons (Fsp3) is 0.143. The first-order chi connectivity index (χ1) is 13.6. The van der Waals surface area contributed by atoms with Crippen molar-refractivity contribution in [3.05, 3.63) is 70.6 Å². The van der Waals surface area contributed by atoms with E-state index in [2.05, 4.69) is 36.4 Å². The van der Waals surface area contributed by atoms with Crippen molar-refractivity contribution in [3.63, 3.8) is 0 Å². The van der Waals surface area contributed by atoms with Crippen LogP contribution in [0, 0.1) is 12.7 Å². The van der Waals surface area contributed by atoms with E-state index in [1.165, 1.54) is 12.1 Å². The third-order valence-corrected chi connectivity index (χ3v) is 4.24. The van der Waals surface area contributed by atoms with Crippen LogP contribution in [0.3, 0.4) is 0 Å². The number of halogens is 2. The molecule has 2 aromatic heterocycles. The third-order valence-electron chi connectivity index (χ3n) is 3.75. The predicted octanol–water partition coefficient (Wildman–Crippen LogP) is 6.73. The van der Waals surface area contributed by atoms with E-state index in [1.54, 1.807) is 12.1 Å². The fourth-order valence-electron chi connectivity index (χ4n) is 2.57. The average Bonchev–Trinajstić information content (AvgIpc) is 3.09. The first-order valence-electron chi connectivity index (χ1n) is 8.89. The second-order valence-corrected chi connectivity index (χ2v) is 6.71. The molecule has 2 aromatic carbocycles. The number of nitrogens with zero attached hydrogens (tertiary/aromatic N) is 2. The summed E-state index contributed by atoms with van der Waals surface area (Å²) in [5.74, 6) is 1.88. The van der Waals surface area contributed by atoms with E-state index < -0.39 is 0 Å². The van der Waals surface area contributed by atoms with Crippen molar-refractivity contribution in [2.75, 3.05) is 5.32 Å². The monoisotopic (exact) mass is 442 g/mol. The lowest BCUT2D eigenvalue weighted by molar-refractivity contribution is 0.468. The highest BCUT2D eigenvalue weighted by atomic mass is 79.9. The Kier molecular flexibility index (Phi) is 6.26. The molecule has 0 bridgehead atoms. The standard InChI is InChI=1S/C19H14BrFN4O.C2H6/c1-11-8-18(25-24-11)22-17-10-12-9-13(20)2-7-16(12)19(23-17)26-15-5-3-14(21)4-6-15;1-2/h2-10H,1H3,(H2,22,23,24,25);1-2H3. The van der Waals surface area contributed by atoms with Gasteiger partial charge in [-0.05, 0) is 60.8 Å². The maximum absolute atomic E-state index is 13.1. The van der Waals surface area contributed by atoms with Crippen LogP contribution in [0.25, 0.3) is 10.8 Å². The van der Waals surface area contributed by atoms with Gasteiger partial charge in [0.15, 0.2) is 5.82 Å². The van der Waals surface area contributed by atoms with Gasteiger partial charge < -0.3 is 10.1 Å². The number of pyridine rings is 1. The molecule has 28 heavy (non-hydrogen) atoms. The van der Waals surface area contributed by atoms with E-state index in [0.29, 0.717) is 23.3 Å². The Bertz CT molecular complexity index is 1080. The highest BCUT2D eigenvalue weighted by molar-refractivity contribution is 9.10. The zero-order valence-electron chi connectivity index (χ0n) is 15.8. The van der Waals surface area contributed by atoms with Crippen LogP contribution in [0.5, 0.6) is 11.6 Å². The molecule has 0 aliphatic carbocycles. The Morgan fingerprint density at radius 3 is 2.43 bits per heavy atom. The second kappa shape index (κ2) is 8.84. The van der Waals surface area contributed by atoms with Crippen LogP contribution in [0.15, 0.2) is 59.1 Å². The SMILES string of the molecule is CC.Cc1cc(Nc2cc3cc(Br)ccc3c(Oc3ccc(F)cc3)n2)n[nH]1. The van der Waals surface area contributed by atoms with Crippen LogP contribution in [0.4, 0.5) is 16.0 Å². The topological polar surface area (TPSA) is 62.8 Å². The number of anilines is 2. The van der Waals surface area contributed by atoms with Gasteiger partial charge >= 0.3 is 0 Å². The number of ether oxygens (including phenoxy) is 1. The molecule has 7 heteroatoms.